The Labute approximate surface area is 176 Å². The van der Waals surface area contributed by atoms with Gasteiger partial charge >= 0.3 is 0 Å². The second-order valence-electron chi connectivity index (χ2n) is 7.42. The van der Waals surface area contributed by atoms with Crippen LogP contribution >= 0.6 is 11.6 Å². The summed E-state index contributed by atoms with van der Waals surface area (Å²) in [6, 6.07) is 10.7. The van der Waals surface area contributed by atoms with Crippen LogP contribution in [-0.2, 0) is 0 Å². The zero-order valence-electron chi connectivity index (χ0n) is 16.0. The van der Waals surface area contributed by atoms with Crippen molar-refractivity contribution in [2.75, 3.05) is 0 Å². The number of carbonyl (C=O) groups is 1. The predicted molar refractivity (Wildman–Crippen MR) is 108 cm³/mol. The molecule has 1 aromatic heterocycles. The van der Waals surface area contributed by atoms with Gasteiger partial charge in [-0.1, -0.05) is 23.7 Å². The van der Waals surface area contributed by atoms with E-state index in [-0.39, 0.29) is 22.4 Å². The first-order valence-electron chi connectivity index (χ1n) is 9.32. The van der Waals surface area contributed by atoms with Crippen molar-refractivity contribution < 1.29 is 13.6 Å². The smallest absolute Gasteiger partial charge is 0.255 e. The summed E-state index contributed by atoms with van der Waals surface area (Å²) in [5.41, 5.74) is 0.114. The highest BCUT2D eigenvalue weighted by atomic mass is 35.5. The minimum Gasteiger partial charge on any atom is -0.343 e. The topological polar surface area (TPSA) is 81.6 Å². The molecule has 152 valence electrons. The highest BCUT2D eigenvalue weighted by Gasteiger charge is 2.51. The zero-order chi connectivity index (χ0) is 21.5. The van der Waals surface area contributed by atoms with Gasteiger partial charge in [0.1, 0.15) is 11.6 Å². The maximum atomic E-state index is 14.5. The van der Waals surface area contributed by atoms with E-state index in [4.69, 9.17) is 11.6 Å². The van der Waals surface area contributed by atoms with Crippen LogP contribution in [0.1, 0.15) is 40.4 Å². The van der Waals surface area contributed by atoms with E-state index in [9.17, 15) is 18.8 Å². The molecule has 5 nitrogen and oxygen atoms in total. The third kappa shape index (κ3) is 3.44. The molecule has 1 fully saturated rings. The molecule has 1 aliphatic rings. The van der Waals surface area contributed by atoms with Gasteiger partial charge in [-0.05, 0) is 55.2 Å². The van der Waals surface area contributed by atoms with E-state index in [0.29, 0.717) is 23.4 Å². The van der Waals surface area contributed by atoms with Gasteiger partial charge in [0.05, 0.1) is 35.0 Å². The van der Waals surface area contributed by atoms with Crippen molar-refractivity contribution in [3.05, 3.63) is 75.9 Å². The Balaban J connectivity index is 1.72. The number of halogens is 3. The first-order valence-corrected chi connectivity index (χ1v) is 9.70. The summed E-state index contributed by atoms with van der Waals surface area (Å²) in [6.45, 7) is 1.43. The average molecular weight is 427 g/mol. The molecular weight excluding hydrogens is 410 g/mol. The van der Waals surface area contributed by atoms with Crippen LogP contribution in [0.2, 0.25) is 5.02 Å². The fourth-order valence-electron chi connectivity index (χ4n) is 3.64. The molecule has 8 heteroatoms. The van der Waals surface area contributed by atoms with Gasteiger partial charge in [-0.3, -0.25) is 9.89 Å². The second-order valence-corrected chi connectivity index (χ2v) is 7.85. The molecule has 2 aromatic carbocycles. The number of nitrogens with zero attached hydrogens (tertiary/aromatic N) is 2. The number of H-pyrrole nitrogens is 1. The summed E-state index contributed by atoms with van der Waals surface area (Å²) < 4.78 is 28.5. The molecule has 0 aliphatic heterocycles. The van der Waals surface area contributed by atoms with Crippen molar-refractivity contribution in [3.8, 4) is 17.3 Å². The molecule has 1 atom stereocenters. The van der Waals surface area contributed by atoms with Gasteiger partial charge < -0.3 is 5.32 Å². The Morgan fingerprint density at radius 1 is 1.30 bits per heavy atom. The Kier molecular flexibility index (Phi) is 5.04. The Morgan fingerprint density at radius 3 is 2.70 bits per heavy atom. The van der Waals surface area contributed by atoms with E-state index in [0.717, 1.165) is 12.1 Å². The molecule has 0 bridgehead atoms. The van der Waals surface area contributed by atoms with E-state index >= 15 is 0 Å². The van der Waals surface area contributed by atoms with Gasteiger partial charge in [0, 0.05) is 10.6 Å². The molecule has 2 N–H and O–H groups in total. The maximum Gasteiger partial charge on any atom is 0.255 e. The monoisotopic (exact) mass is 426 g/mol. The maximum absolute atomic E-state index is 14.5. The Morgan fingerprint density at radius 2 is 2.03 bits per heavy atom. The van der Waals surface area contributed by atoms with Crippen LogP contribution in [0.3, 0.4) is 0 Å². The summed E-state index contributed by atoms with van der Waals surface area (Å²) >= 11 is 6.11. The van der Waals surface area contributed by atoms with E-state index in [2.05, 4.69) is 21.6 Å². The number of nitriles is 1. The molecule has 1 saturated carbocycles. The van der Waals surface area contributed by atoms with Crippen LogP contribution in [0.25, 0.3) is 11.3 Å². The number of aromatic amines is 1. The van der Waals surface area contributed by atoms with Crippen molar-refractivity contribution in [2.45, 2.75) is 25.8 Å². The number of hydrogen-bond donors (Lipinski definition) is 2. The molecule has 0 unspecified atom stereocenters. The largest absolute Gasteiger partial charge is 0.343 e. The molecule has 1 amide bonds. The number of nitrogens with one attached hydrogen (secondary N) is 2. The zero-order valence-corrected chi connectivity index (χ0v) is 16.7. The van der Waals surface area contributed by atoms with Crippen molar-refractivity contribution in [2.24, 2.45) is 5.41 Å². The fraction of sp³-hybridized carbons (Fsp3) is 0.227. The summed E-state index contributed by atoms with van der Waals surface area (Å²) in [7, 11) is 0. The van der Waals surface area contributed by atoms with Crippen molar-refractivity contribution in [3.63, 3.8) is 0 Å². The molecule has 1 aliphatic carbocycles. The molecule has 0 spiro atoms. The summed E-state index contributed by atoms with van der Waals surface area (Å²) in [5.74, 6) is -1.81. The summed E-state index contributed by atoms with van der Waals surface area (Å²) in [5, 5.41) is 19.5. The first-order chi connectivity index (χ1) is 14.4. The predicted octanol–water partition coefficient (Wildman–Crippen LogP) is 5.09. The van der Waals surface area contributed by atoms with Crippen molar-refractivity contribution in [1.82, 2.24) is 15.5 Å². The molecule has 0 saturated heterocycles. The van der Waals surface area contributed by atoms with E-state index < -0.39 is 29.0 Å². The number of carbonyl (C=O) groups excluding carboxylic acids is 1. The average Bonchev–Trinajstić information content (AvgIpc) is 3.38. The third-order valence-corrected chi connectivity index (χ3v) is 5.74. The van der Waals surface area contributed by atoms with Crippen LogP contribution < -0.4 is 5.32 Å². The minimum atomic E-state index is -0.732. The number of amides is 1. The van der Waals surface area contributed by atoms with Crippen molar-refractivity contribution in [1.29, 1.82) is 5.26 Å². The quantitative estimate of drug-likeness (QED) is 0.596. The van der Waals surface area contributed by atoms with E-state index in [1.54, 1.807) is 24.3 Å². The van der Waals surface area contributed by atoms with Crippen LogP contribution in [0.15, 0.2) is 42.6 Å². The van der Waals surface area contributed by atoms with Crippen molar-refractivity contribution >= 4 is 17.5 Å². The lowest BCUT2D eigenvalue weighted by Crippen LogP contribution is -2.34. The van der Waals surface area contributed by atoms with Gasteiger partial charge in [-0.15, -0.1) is 0 Å². The standard InChI is InChI=1S/C22H17ClF2N4O/c1-12-16(24)5-6-17(25)18(12)19-15(10-27-29-19)21(30)28-20(22(11-26)7-8-22)13-3-2-4-14(23)9-13/h2-6,9-10,20H,7-8H2,1H3,(H,27,29)(H,28,30)/t20-/m1/s1. The Hall–Kier alpha value is -3.24. The SMILES string of the molecule is Cc1c(F)ccc(F)c1-c1[nH]ncc1C(=O)N[C@H](c1cccc(Cl)c1)C1(C#N)CC1. The number of hydrogen-bond acceptors (Lipinski definition) is 3. The molecule has 3 aromatic rings. The number of aromatic nitrogens is 2. The summed E-state index contributed by atoms with van der Waals surface area (Å²) in [4.78, 5) is 13.1. The third-order valence-electron chi connectivity index (χ3n) is 5.50. The minimum absolute atomic E-state index is 0.0571. The Bertz CT molecular complexity index is 1180. The normalized spacial score (nSPS) is 15.3. The first kappa shape index (κ1) is 20.0. The lowest BCUT2D eigenvalue weighted by atomic mass is 9.90. The molecule has 0 radical (unpaired) electrons. The second kappa shape index (κ2) is 7.54. The number of benzene rings is 2. The van der Waals surface area contributed by atoms with Gasteiger partial charge in [0.15, 0.2) is 0 Å². The lowest BCUT2D eigenvalue weighted by molar-refractivity contribution is 0.0925. The molecule has 30 heavy (non-hydrogen) atoms. The highest BCUT2D eigenvalue weighted by Crippen LogP contribution is 2.54. The molecular formula is C22H17ClF2N4O. The number of rotatable bonds is 5. The van der Waals surface area contributed by atoms with Crippen LogP contribution in [0.4, 0.5) is 8.78 Å². The summed E-state index contributed by atoms with van der Waals surface area (Å²) in [6.07, 6.45) is 2.53. The fourth-order valence-corrected chi connectivity index (χ4v) is 3.84. The molecule has 1 heterocycles. The van der Waals surface area contributed by atoms with Crippen LogP contribution in [0, 0.1) is 35.3 Å². The van der Waals surface area contributed by atoms with Gasteiger partial charge in [-0.25, -0.2) is 8.78 Å². The van der Waals surface area contributed by atoms with Crippen LogP contribution in [0.5, 0.6) is 0 Å². The van der Waals surface area contributed by atoms with Gasteiger partial charge in [0.25, 0.3) is 5.91 Å². The van der Waals surface area contributed by atoms with Gasteiger partial charge in [-0.2, -0.15) is 10.4 Å². The highest BCUT2D eigenvalue weighted by molar-refractivity contribution is 6.30. The van der Waals surface area contributed by atoms with Gasteiger partial charge in [0.2, 0.25) is 0 Å². The van der Waals surface area contributed by atoms with Crippen LogP contribution in [-0.4, -0.2) is 16.1 Å². The van der Waals surface area contributed by atoms with E-state index in [1.807, 2.05) is 0 Å². The lowest BCUT2D eigenvalue weighted by Gasteiger charge is -2.24. The van der Waals surface area contributed by atoms with E-state index in [1.165, 1.54) is 13.1 Å². The molecule has 4 rings (SSSR count).